The van der Waals surface area contributed by atoms with Crippen molar-refractivity contribution < 1.29 is 13.2 Å². The number of aromatic nitrogens is 2. The van der Waals surface area contributed by atoms with Crippen molar-refractivity contribution in [2.45, 2.75) is 31.7 Å². The van der Waals surface area contributed by atoms with Crippen LogP contribution in [-0.2, 0) is 16.6 Å². The van der Waals surface area contributed by atoms with Crippen molar-refractivity contribution in [3.8, 4) is 5.75 Å². The summed E-state index contributed by atoms with van der Waals surface area (Å²) in [7, 11) is -3.70. The normalized spacial score (nSPS) is 11.6. The molecule has 0 unspecified atom stereocenters. The average molecular weight is 309 g/mol. The van der Waals surface area contributed by atoms with Crippen molar-refractivity contribution in [3.05, 3.63) is 42.0 Å². The Balaban J connectivity index is 1.98. The number of rotatable bonds is 6. The number of imidazole rings is 1. The molecule has 2 aromatic rings. The van der Waals surface area contributed by atoms with Gasteiger partial charge < -0.3 is 9.30 Å². The lowest BCUT2D eigenvalue weighted by Crippen LogP contribution is -2.15. The summed E-state index contributed by atoms with van der Waals surface area (Å²) >= 11 is 0. The zero-order chi connectivity index (χ0) is 15.5. The van der Waals surface area contributed by atoms with E-state index in [4.69, 9.17) is 9.88 Å². The van der Waals surface area contributed by atoms with Crippen LogP contribution in [0, 0.1) is 13.8 Å². The Morgan fingerprint density at radius 3 is 2.48 bits per heavy atom. The Morgan fingerprint density at radius 1 is 1.29 bits per heavy atom. The molecule has 1 heterocycles. The van der Waals surface area contributed by atoms with Crippen molar-refractivity contribution >= 4 is 10.0 Å². The van der Waals surface area contributed by atoms with Crippen LogP contribution in [0.25, 0.3) is 0 Å². The highest BCUT2D eigenvalue weighted by Crippen LogP contribution is 2.24. The highest BCUT2D eigenvalue weighted by atomic mass is 32.2. The van der Waals surface area contributed by atoms with Gasteiger partial charge in [-0.3, -0.25) is 0 Å². The van der Waals surface area contributed by atoms with Crippen LogP contribution in [0.1, 0.15) is 17.5 Å². The first-order valence-corrected chi connectivity index (χ1v) is 8.15. The molecule has 0 aliphatic rings. The molecule has 2 rings (SSSR count). The van der Waals surface area contributed by atoms with E-state index in [0.29, 0.717) is 23.5 Å². The Morgan fingerprint density at radius 2 is 1.95 bits per heavy atom. The standard InChI is InChI=1S/C14H19N3O3S/c1-11-8-13(9-12(2)14(11)21(15,18)19)20-7-3-5-17-6-4-16-10-17/h4,6,8-10H,3,5,7H2,1-2H3,(H2,15,18,19). The molecule has 0 saturated carbocycles. The number of primary sulfonamides is 1. The molecule has 0 radical (unpaired) electrons. The smallest absolute Gasteiger partial charge is 0.238 e. The molecule has 0 amide bonds. The number of hydrogen-bond acceptors (Lipinski definition) is 4. The number of ether oxygens (including phenoxy) is 1. The third-order valence-corrected chi connectivity index (χ3v) is 4.32. The van der Waals surface area contributed by atoms with Gasteiger partial charge in [-0.05, 0) is 43.5 Å². The van der Waals surface area contributed by atoms with Crippen LogP contribution in [0.5, 0.6) is 5.75 Å². The molecule has 0 aliphatic carbocycles. The van der Waals surface area contributed by atoms with Gasteiger partial charge in [0.05, 0.1) is 17.8 Å². The fourth-order valence-corrected chi connectivity index (χ4v) is 3.31. The maximum atomic E-state index is 11.5. The van der Waals surface area contributed by atoms with E-state index in [0.717, 1.165) is 13.0 Å². The van der Waals surface area contributed by atoms with Crippen LogP contribution < -0.4 is 9.88 Å². The average Bonchev–Trinajstić information content (AvgIpc) is 2.85. The zero-order valence-electron chi connectivity index (χ0n) is 12.1. The minimum absolute atomic E-state index is 0.174. The van der Waals surface area contributed by atoms with Gasteiger partial charge in [0.25, 0.3) is 0 Å². The van der Waals surface area contributed by atoms with Crippen LogP contribution in [-0.4, -0.2) is 24.6 Å². The molecular formula is C14H19N3O3S. The number of nitrogens with zero attached hydrogens (tertiary/aromatic N) is 2. The summed E-state index contributed by atoms with van der Waals surface area (Å²) < 4.78 is 30.7. The summed E-state index contributed by atoms with van der Waals surface area (Å²) in [6.45, 7) is 4.80. The van der Waals surface area contributed by atoms with Gasteiger partial charge in [-0.2, -0.15) is 0 Å². The first kappa shape index (κ1) is 15.5. The second kappa shape index (κ2) is 6.28. The Hall–Kier alpha value is -1.86. The van der Waals surface area contributed by atoms with E-state index in [1.807, 2.05) is 10.8 Å². The largest absolute Gasteiger partial charge is 0.494 e. The van der Waals surface area contributed by atoms with E-state index in [9.17, 15) is 8.42 Å². The molecule has 0 fully saturated rings. The monoisotopic (exact) mass is 309 g/mol. The fraction of sp³-hybridized carbons (Fsp3) is 0.357. The zero-order valence-corrected chi connectivity index (χ0v) is 12.9. The molecule has 1 aromatic carbocycles. The molecule has 0 atom stereocenters. The van der Waals surface area contributed by atoms with E-state index < -0.39 is 10.0 Å². The molecule has 1 aromatic heterocycles. The van der Waals surface area contributed by atoms with Gasteiger partial charge in [0.1, 0.15) is 5.75 Å². The minimum atomic E-state index is -3.70. The molecule has 0 spiro atoms. The predicted molar refractivity (Wildman–Crippen MR) is 79.6 cm³/mol. The molecule has 0 bridgehead atoms. The van der Waals surface area contributed by atoms with Gasteiger partial charge in [0.15, 0.2) is 0 Å². The van der Waals surface area contributed by atoms with Crippen LogP contribution in [0.3, 0.4) is 0 Å². The van der Waals surface area contributed by atoms with Crippen molar-refractivity contribution in [1.82, 2.24) is 9.55 Å². The molecule has 0 aliphatic heterocycles. The van der Waals surface area contributed by atoms with E-state index in [1.165, 1.54) is 0 Å². The van der Waals surface area contributed by atoms with Crippen LogP contribution in [0.2, 0.25) is 0 Å². The molecule has 7 heteroatoms. The summed E-state index contributed by atoms with van der Waals surface area (Å²) in [4.78, 5) is 4.14. The molecule has 0 saturated heterocycles. The van der Waals surface area contributed by atoms with Crippen molar-refractivity contribution in [1.29, 1.82) is 0 Å². The lowest BCUT2D eigenvalue weighted by Gasteiger charge is -2.12. The third kappa shape index (κ3) is 4.05. The second-order valence-electron chi connectivity index (χ2n) is 4.93. The number of nitrogens with two attached hydrogens (primary N) is 1. The van der Waals surface area contributed by atoms with Crippen molar-refractivity contribution in [2.24, 2.45) is 5.14 Å². The van der Waals surface area contributed by atoms with E-state index in [1.54, 1.807) is 38.5 Å². The highest BCUT2D eigenvalue weighted by Gasteiger charge is 2.16. The number of sulfonamides is 1. The second-order valence-corrected chi connectivity index (χ2v) is 6.43. The van der Waals surface area contributed by atoms with Crippen molar-refractivity contribution in [2.75, 3.05) is 6.61 Å². The summed E-state index contributed by atoms with van der Waals surface area (Å²) in [5.74, 6) is 0.656. The summed E-state index contributed by atoms with van der Waals surface area (Å²) in [6, 6.07) is 3.40. The Labute approximate surface area is 124 Å². The maximum absolute atomic E-state index is 11.5. The molecule has 6 nitrogen and oxygen atoms in total. The lowest BCUT2D eigenvalue weighted by molar-refractivity contribution is 0.301. The van der Waals surface area contributed by atoms with E-state index >= 15 is 0 Å². The fourth-order valence-electron chi connectivity index (χ4n) is 2.30. The quantitative estimate of drug-likeness (QED) is 0.821. The van der Waals surface area contributed by atoms with E-state index in [-0.39, 0.29) is 4.90 Å². The summed E-state index contributed by atoms with van der Waals surface area (Å²) in [6.07, 6.45) is 6.23. The Kier molecular flexibility index (Phi) is 4.64. The van der Waals surface area contributed by atoms with Crippen LogP contribution in [0.15, 0.2) is 35.7 Å². The topological polar surface area (TPSA) is 87.2 Å². The molecular weight excluding hydrogens is 290 g/mol. The maximum Gasteiger partial charge on any atom is 0.238 e. The predicted octanol–water partition coefficient (Wildman–Crippen LogP) is 1.62. The number of hydrogen-bond donors (Lipinski definition) is 1. The first-order chi connectivity index (χ1) is 9.88. The van der Waals surface area contributed by atoms with Crippen molar-refractivity contribution in [3.63, 3.8) is 0 Å². The lowest BCUT2D eigenvalue weighted by atomic mass is 10.1. The Bertz CT molecular complexity index is 686. The SMILES string of the molecule is Cc1cc(OCCCn2ccnc2)cc(C)c1S(N)(=O)=O. The van der Waals surface area contributed by atoms with Gasteiger partial charge in [-0.15, -0.1) is 0 Å². The summed E-state index contributed by atoms with van der Waals surface area (Å²) in [5, 5.41) is 5.21. The first-order valence-electron chi connectivity index (χ1n) is 6.60. The van der Waals surface area contributed by atoms with Crippen LogP contribution in [0.4, 0.5) is 0 Å². The van der Waals surface area contributed by atoms with Gasteiger partial charge in [-0.1, -0.05) is 0 Å². The molecule has 114 valence electrons. The van der Waals surface area contributed by atoms with Gasteiger partial charge in [0, 0.05) is 18.9 Å². The van der Waals surface area contributed by atoms with Gasteiger partial charge >= 0.3 is 0 Å². The highest BCUT2D eigenvalue weighted by molar-refractivity contribution is 7.89. The third-order valence-electron chi connectivity index (χ3n) is 3.11. The van der Waals surface area contributed by atoms with Gasteiger partial charge in [0.2, 0.25) is 10.0 Å². The molecule has 2 N–H and O–H groups in total. The number of aryl methyl sites for hydroxylation is 3. The minimum Gasteiger partial charge on any atom is -0.494 e. The van der Waals surface area contributed by atoms with Crippen LogP contribution >= 0.6 is 0 Å². The number of benzene rings is 1. The van der Waals surface area contributed by atoms with E-state index in [2.05, 4.69) is 4.98 Å². The summed E-state index contributed by atoms with van der Waals surface area (Å²) in [5.41, 5.74) is 1.20. The molecule has 21 heavy (non-hydrogen) atoms. The van der Waals surface area contributed by atoms with Gasteiger partial charge in [-0.25, -0.2) is 18.5 Å².